The van der Waals surface area contributed by atoms with Crippen LogP contribution in [0.25, 0.3) is 10.9 Å². The number of rotatable bonds is 2. The minimum Gasteiger partial charge on any atom is -0.296 e. The summed E-state index contributed by atoms with van der Waals surface area (Å²) in [7, 11) is 0. The van der Waals surface area contributed by atoms with E-state index in [4.69, 9.17) is 0 Å². The molecule has 0 saturated heterocycles. The Morgan fingerprint density at radius 3 is 3.00 bits per heavy atom. The van der Waals surface area contributed by atoms with Crippen LogP contribution in [0.3, 0.4) is 0 Å². The summed E-state index contributed by atoms with van der Waals surface area (Å²) in [6.07, 6.45) is 1.34. The van der Waals surface area contributed by atoms with Crippen LogP contribution in [-0.4, -0.2) is 15.8 Å². The lowest BCUT2D eigenvalue weighted by molar-refractivity contribution is 0.112. The molecular weight excluding hydrogens is 310 g/mol. The third-order valence-electron chi connectivity index (χ3n) is 2.06. The van der Waals surface area contributed by atoms with Gasteiger partial charge in [-0.2, -0.15) is 5.10 Å². The first-order valence-electron chi connectivity index (χ1n) is 4.07. The zero-order valence-electron chi connectivity index (χ0n) is 7.49. The molecule has 0 aliphatic carbocycles. The average molecular weight is 318 g/mol. The number of benzene rings is 1. The fourth-order valence-electron chi connectivity index (χ4n) is 1.41. The Labute approximate surface area is 96.2 Å². The molecule has 1 atom stereocenters. The molecule has 0 fully saturated rings. The first kappa shape index (κ1) is 10.1. The predicted octanol–water partition coefficient (Wildman–Crippen LogP) is 2.95. The summed E-state index contributed by atoms with van der Waals surface area (Å²) in [4.78, 5) is 10.8. The number of carbonyl (C=O) groups excluding carboxylic acids is 1. The molecule has 0 N–H and O–H groups in total. The fourth-order valence-corrected chi connectivity index (χ4v) is 2.94. The Morgan fingerprint density at radius 1 is 1.57 bits per heavy atom. The highest BCUT2D eigenvalue weighted by molar-refractivity contribution is 14.2. The lowest BCUT2D eigenvalue weighted by atomic mass is 10.1. The molecule has 5 heteroatoms. The van der Waals surface area contributed by atoms with Crippen LogP contribution in [0.15, 0.2) is 18.2 Å². The van der Waals surface area contributed by atoms with E-state index in [0.717, 1.165) is 22.8 Å². The maximum Gasteiger partial charge on any atom is 0.170 e. The number of aryl methyl sites for hydroxylation is 1. The zero-order chi connectivity index (χ0) is 10.1. The van der Waals surface area contributed by atoms with Gasteiger partial charge in [0, 0.05) is 5.39 Å². The van der Waals surface area contributed by atoms with Gasteiger partial charge in [0.15, 0.2) is 6.29 Å². The summed E-state index contributed by atoms with van der Waals surface area (Å²) in [6.45, 7) is 2.01. The summed E-state index contributed by atoms with van der Waals surface area (Å²) in [5.41, 5.74) is 2.72. The minimum absolute atomic E-state index is 0.521. The van der Waals surface area contributed by atoms with E-state index in [1.165, 1.54) is 0 Å². The van der Waals surface area contributed by atoms with Crippen molar-refractivity contribution >= 4 is 45.6 Å². The van der Waals surface area contributed by atoms with Crippen LogP contribution in [-0.2, 0) is 0 Å². The average Bonchev–Trinajstić information content (AvgIpc) is 2.55. The summed E-state index contributed by atoms with van der Waals surface area (Å²) < 4.78 is 1.86. The molecule has 0 aliphatic heterocycles. The van der Waals surface area contributed by atoms with Gasteiger partial charge in [-0.05, 0) is 41.1 Å². The van der Waals surface area contributed by atoms with Gasteiger partial charge in [0.25, 0.3) is 0 Å². The van der Waals surface area contributed by atoms with Gasteiger partial charge >= 0.3 is 0 Å². The minimum atomic E-state index is 0.521. The van der Waals surface area contributed by atoms with Gasteiger partial charge in [0.2, 0.25) is 0 Å². The van der Waals surface area contributed by atoms with Gasteiger partial charge in [-0.15, -0.1) is 0 Å². The molecule has 0 aliphatic rings. The molecule has 0 spiro atoms. The highest BCUT2D eigenvalue weighted by Gasteiger charge is 2.08. The summed E-state index contributed by atoms with van der Waals surface area (Å²) in [5, 5.41) is 5.17. The van der Waals surface area contributed by atoms with E-state index in [2.05, 4.69) is 27.1 Å². The van der Waals surface area contributed by atoms with E-state index in [9.17, 15) is 4.79 Å². The van der Waals surface area contributed by atoms with E-state index in [0.29, 0.717) is 12.1 Å². The monoisotopic (exact) mass is 318 g/mol. The van der Waals surface area contributed by atoms with Gasteiger partial charge in [-0.3, -0.25) is 4.79 Å². The maximum atomic E-state index is 10.8. The van der Waals surface area contributed by atoms with E-state index in [1.807, 2.05) is 29.6 Å². The van der Waals surface area contributed by atoms with Crippen LogP contribution in [0.2, 0.25) is 0 Å². The van der Waals surface area contributed by atoms with Crippen molar-refractivity contribution in [3.63, 3.8) is 0 Å². The van der Waals surface area contributed by atoms with Gasteiger partial charge < -0.3 is 0 Å². The molecule has 0 bridgehead atoms. The molecule has 1 heterocycles. The Hall–Kier alpha value is -0.480. The van der Waals surface area contributed by atoms with Crippen LogP contribution in [0.1, 0.15) is 16.1 Å². The molecule has 2 rings (SSSR count). The maximum absolute atomic E-state index is 10.8. The van der Waals surface area contributed by atoms with Crippen LogP contribution < -0.4 is 0 Å². The van der Waals surface area contributed by atoms with Crippen molar-refractivity contribution in [2.45, 2.75) is 6.92 Å². The van der Waals surface area contributed by atoms with Crippen LogP contribution in [0.5, 0.6) is 0 Å². The van der Waals surface area contributed by atoms with Crippen molar-refractivity contribution in [1.82, 2.24) is 9.55 Å². The Bertz CT molecular complexity index is 495. The molecule has 0 amide bonds. The number of hydrogen-bond donors (Lipinski definition) is 0. The lowest BCUT2D eigenvalue weighted by Gasteiger charge is -1.96. The highest BCUT2D eigenvalue weighted by Crippen LogP contribution is 2.30. The molecule has 3 nitrogen and oxygen atoms in total. The largest absolute Gasteiger partial charge is 0.296 e. The number of nitrogens with zero attached hydrogens (tertiary/aromatic N) is 2. The second-order valence-corrected chi connectivity index (χ2v) is 5.06. The standard InChI is InChI=1S/C9H8IN2OP/c1-6-2-3-9-7(4-6)8(5-13)11-12(9)14-10/h2-5,14H,1H3. The summed E-state index contributed by atoms with van der Waals surface area (Å²) in [5.74, 6) is 0. The van der Waals surface area contributed by atoms with Crippen molar-refractivity contribution in [1.29, 1.82) is 0 Å². The molecule has 2 aromatic rings. The molecule has 14 heavy (non-hydrogen) atoms. The normalized spacial score (nSPS) is 11.6. The number of carbonyl (C=O) groups is 1. The van der Waals surface area contributed by atoms with E-state index in [-0.39, 0.29) is 0 Å². The first-order valence-corrected chi connectivity index (χ1v) is 8.13. The van der Waals surface area contributed by atoms with Crippen LogP contribution >= 0.6 is 28.4 Å². The molecule has 1 aromatic carbocycles. The van der Waals surface area contributed by atoms with Gasteiger partial charge in [0.1, 0.15) is 5.69 Å². The summed E-state index contributed by atoms with van der Waals surface area (Å²) >= 11 is 2.25. The Kier molecular flexibility index (Phi) is 2.83. The number of aromatic nitrogens is 2. The number of fused-ring (bicyclic) bond motifs is 1. The first-order chi connectivity index (χ1) is 6.76. The number of halogens is 1. The number of aldehydes is 1. The van der Waals surface area contributed by atoms with Crippen LogP contribution in [0, 0.1) is 6.92 Å². The van der Waals surface area contributed by atoms with Gasteiger partial charge in [-0.25, -0.2) is 4.45 Å². The third kappa shape index (κ3) is 1.57. The van der Waals surface area contributed by atoms with Crippen LogP contribution in [0.4, 0.5) is 0 Å². The van der Waals surface area contributed by atoms with E-state index < -0.39 is 0 Å². The molecule has 72 valence electrons. The van der Waals surface area contributed by atoms with Crippen molar-refractivity contribution in [3.8, 4) is 0 Å². The summed E-state index contributed by atoms with van der Waals surface area (Å²) in [6, 6.07) is 6.04. The van der Waals surface area contributed by atoms with Crippen molar-refractivity contribution in [2.24, 2.45) is 0 Å². The second kappa shape index (κ2) is 3.95. The van der Waals surface area contributed by atoms with Gasteiger partial charge in [0.05, 0.1) is 11.9 Å². The van der Waals surface area contributed by atoms with Crippen molar-refractivity contribution in [2.75, 3.05) is 0 Å². The highest BCUT2D eigenvalue weighted by atomic mass is 127. The molecular formula is C9H8IN2OP. The van der Waals surface area contributed by atoms with E-state index >= 15 is 0 Å². The smallest absolute Gasteiger partial charge is 0.170 e. The molecule has 1 aromatic heterocycles. The second-order valence-electron chi connectivity index (χ2n) is 3.02. The zero-order valence-corrected chi connectivity index (χ0v) is 10.6. The lowest BCUT2D eigenvalue weighted by Crippen LogP contribution is -1.84. The molecule has 1 unspecified atom stereocenters. The Morgan fingerprint density at radius 2 is 2.36 bits per heavy atom. The topological polar surface area (TPSA) is 34.9 Å². The SMILES string of the molecule is Cc1ccc2c(c1)c(C=O)nn2PI. The van der Waals surface area contributed by atoms with Crippen molar-refractivity contribution < 1.29 is 4.79 Å². The van der Waals surface area contributed by atoms with E-state index in [1.54, 1.807) is 0 Å². The predicted molar refractivity (Wildman–Crippen MR) is 67.6 cm³/mol. The molecule has 0 saturated carbocycles. The third-order valence-corrected chi connectivity index (χ3v) is 3.93. The van der Waals surface area contributed by atoms with Gasteiger partial charge in [-0.1, -0.05) is 11.6 Å². The fraction of sp³-hybridized carbons (Fsp3) is 0.111. The Balaban J connectivity index is 2.82. The number of hydrogen-bond acceptors (Lipinski definition) is 2. The quantitative estimate of drug-likeness (QED) is 0.485. The molecule has 0 radical (unpaired) electrons. The van der Waals surface area contributed by atoms with Crippen molar-refractivity contribution in [3.05, 3.63) is 29.5 Å².